The summed E-state index contributed by atoms with van der Waals surface area (Å²) in [6, 6.07) is 9.33. The summed E-state index contributed by atoms with van der Waals surface area (Å²) >= 11 is 0. The number of nitro groups is 1. The number of rotatable bonds is 9. The largest absolute Gasteiger partial charge is 0.465 e. The molecule has 3 aromatic rings. The van der Waals surface area contributed by atoms with Crippen LogP contribution < -0.4 is 0 Å². The smallest absolute Gasteiger partial charge is 0.337 e. The van der Waals surface area contributed by atoms with Gasteiger partial charge < -0.3 is 9.30 Å². The van der Waals surface area contributed by atoms with E-state index < -0.39 is 10.9 Å². The lowest BCUT2D eigenvalue weighted by molar-refractivity contribution is -0.400. The van der Waals surface area contributed by atoms with E-state index in [1.807, 2.05) is 24.5 Å². The van der Waals surface area contributed by atoms with Gasteiger partial charge in [-0.25, -0.2) is 4.79 Å². The van der Waals surface area contributed by atoms with Crippen molar-refractivity contribution in [2.24, 2.45) is 0 Å². The van der Waals surface area contributed by atoms with Crippen molar-refractivity contribution in [3.8, 4) is 0 Å². The van der Waals surface area contributed by atoms with Crippen LogP contribution in [0, 0.1) is 10.1 Å². The van der Waals surface area contributed by atoms with Crippen LogP contribution >= 0.6 is 0 Å². The monoisotopic (exact) mass is 393 g/mol. The molecule has 7 heteroatoms. The second-order valence-corrected chi connectivity index (χ2v) is 6.77. The van der Waals surface area contributed by atoms with Crippen LogP contribution in [0.2, 0.25) is 0 Å². The predicted molar refractivity (Wildman–Crippen MR) is 111 cm³/mol. The number of benzene rings is 1. The minimum absolute atomic E-state index is 0.421. The Morgan fingerprint density at radius 2 is 2.14 bits per heavy atom. The average Bonchev–Trinajstić information content (AvgIpc) is 3.09. The minimum Gasteiger partial charge on any atom is -0.465 e. The minimum atomic E-state index is -0.494. The zero-order valence-corrected chi connectivity index (χ0v) is 16.3. The average molecular weight is 393 g/mol. The fourth-order valence-electron chi connectivity index (χ4n) is 3.36. The van der Waals surface area contributed by atoms with Crippen LogP contribution in [0.15, 0.2) is 55.1 Å². The normalized spacial score (nSPS) is 11.2. The Balaban J connectivity index is 1.72. The summed E-state index contributed by atoms with van der Waals surface area (Å²) in [5.74, 6) is -0.431. The third kappa shape index (κ3) is 5.28. The topological polar surface area (TPSA) is 87.3 Å². The van der Waals surface area contributed by atoms with Crippen LogP contribution in [-0.4, -0.2) is 27.6 Å². The number of methoxy groups -OCH3 is 1. The van der Waals surface area contributed by atoms with Gasteiger partial charge in [-0.15, -0.1) is 0 Å². The van der Waals surface area contributed by atoms with Crippen molar-refractivity contribution >= 4 is 22.9 Å². The number of fused-ring (bicyclic) bond motifs is 1. The first-order valence-corrected chi connectivity index (χ1v) is 9.50. The van der Waals surface area contributed by atoms with Crippen LogP contribution in [0.4, 0.5) is 0 Å². The highest BCUT2D eigenvalue weighted by Crippen LogP contribution is 2.25. The summed E-state index contributed by atoms with van der Waals surface area (Å²) in [5, 5.41) is 11.5. The van der Waals surface area contributed by atoms with Crippen molar-refractivity contribution in [3.05, 3.63) is 81.9 Å². The summed E-state index contributed by atoms with van der Waals surface area (Å²) in [7, 11) is 1.33. The number of aromatic nitrogens is 2. The Hall–Kier alpha value is -3.48. The van der Waals surface area contributed by atoms with Crippen molar-refractivity contribution < 1.29 is 14.5 Å². The fourth-order valence-corrected chi connectivity index (χ4v) is 3.36. The van der Waals surface area contributed by atoms with E-state index in [4.69, 9.17) is 4.74 Å². The molecule has 0 aliphatic rings. The lowest BCUT2D eigenvalue weighted by Crippen LogP contribution is -2.01. The maximum Gasteiger partial charge on any atom is 0.337 e. The summed E-state index contributed by atoms with van der Waals surface area (Å²) in [6.07, 6.45) is 12.1. The SMILES string of the molecule is COC(=O)c1ccc2c(c1)c(C=C[N+](=O)[O-])cn2CCCCCc1cccnc1. The number of nitrogens with zero attached hydrogens (tertiary/aromatic N) is 3. The molecule has 150 valence electrons. The standard InChI is InChI=1S/C22H23N3O4/c1-29-22(26)18-8-9-21-20(14-18)19(10-13-25(27)28)16-24(21)12-4-2-3-6-17-7-5-11-23-15-17/h5,7-11,13-16H,2-4,6,12H2,1H3. The number of hydrogen-bond donors (Lipinski definition) is 0. The van der Waals surface area contributed by atoms with Gasteiger partial charge in [0, 0.05) is 47.7 Å². The van der Waals surface area contributed by atoms with Gasteiger partial charge in [-0.3, -0.25) is 15.1 Å². The summed E-state index contributed by atoms with van der Waals surface area (Å²) in [4.78, 5) is 26.2. The van der Waals surface area contributed by atoms with Crippen molar-refractivity contribution in [1.82, 2.24) is 9.55 Å². The fraction of sp³-hybridized carbons (Fsp3) is 0.273. The van der Waals surface area contributed by atoms with Crippen LogP contribution in [0.1, 0.15) is 40.7 Å². The molecule has 7 nitrogen and oxygen atoms in total. The second kappa shape index (κ2) is 9.64. The highest BCUT2D eigenvalue weighted by atomic mass is 16.6. The van der Waals surface area contributed by atoms with E-state index >= 15 is 0 Å². The van der Waals surface area contributed by atoms with E-state index in [1.54, 1.807) is 18.3 Å². The molecule has 0 saturated heterocycles. The zero-order valence-electron chi connectivity index (χ0n) is 16.3. The van der Waals surface area contributed by atoms with Crippen LogP contribution in [-0.2, 0) is 17.7 Å². The van der Waals surface area contributed by atoms with Crippen LogP contribution in [0.5, 0.6) is 0 Å². The van der Waals surface area contributed by atoms with E-state index in [0.29, 0.717) is 11.1 Å². The molecule has 0 aliphatic carbocycles. The third-order valence-corrected chi connectivity index (χ3v) is 4.80. The molecule has 0 fully saturated rings. The van der Waals surface area contributed by atoms with Crippen molar-refractivity contribution in [2.75, 3.05) is 7.11 Å². The number of carbonyl (C=O) groups is 1. The van der Waals surface area contributed by atoms with Gasteiger partial charge in [-0.05, 0) is 49.1 Å². The predicted octanol–water partition coefficient (Wildman–Crippen LogP) is 4.48. The molecule has 0 amide bonds. The molecule has 0 atom stereocenters. The number of unbranched alkanes of at least 4 members (excludes halogenated alkanes) is 2. The van der Waals surface area contributed by atoms with Crippen molar-refractivity contribution in [1.29, 1.82) is 0 Å². The van der Waals surface area contributed by atoms with Gasteiger partial charge in [-0.1, -0.05) is 12.5 Å². The summed E-state index contributed by atoms with van der Waals surface area (Å²) in [6.45, 7) is 0.799. The first kappa shape index (κ1) is 20.3. The van der Waals surface area contributed by atoms with Crippen molar-refractivity contribution in [2.45, 2.75) is 32.2 Å². The van der Waals surface area contributed by atoms with E-state index in [0.717, 1.165) is 49.3 Å². The second-order valence-electron chi connectivity index (χ2n) is 6.77. The lowest BCUT2D eigenvalue weighted by atomic mass is 10.1. The molecule has 2 heterocycles. The number of hydrogen-bond acceptors (Lipinski definition) is 5. The Kier molecular flexibility index (Phi) is 6.73. The molecule has 3 rings (SSSR count). The van der Waals surface area contributed by atoms with Gasteiger partial charge in [0.05, 0.1) is 17.6 Å². The quantitative estimate of drug-likeness (QED) is 0.231. The Labute approximate surface area is 168 Å². The maximum absolute atomic E-state index is 11.8. The molecule has 0 N–H and O–H groups in total. The third-order valence-electron chi connectivity index (χ3n) is 4.80. The number of esters is 1. The zero-order chi connectivity index (χ0) is 20.6. The van der Waals surface area contributed by atoms with E-state index in [9.17, 15) is 14.9 Å². The number of carbonyl (C=O) groups excluding carboxylic acids is 1. The molecule has 0 radical (unpaired) electrons. The van der Waals surface area contributed by atoms with Gasteiger partial charge in [-0.2, -0.15) is 0 Å². The molecule has 2 aromatic heterocycles. The Bertz CT molecular complexity index is 1030. The molecule has 0 bridgehead atoms. The molecule has 0 spiro atoms. The Morgan fingerprint density at radius 3 is 2.86 bits per heavy atom. The lowest BCUT2D eigenvalue weighted by Gasteiger charge is -2.06. The number of pyridine rings is 1. The highest BCUT2D eigenvalue weighted by Gasteiger charge is 2.12. The van der Waals surface area contributed by atoms with Gasteiger partial charge in [0.2, 0.25) is 6.20 Å². The van der Waals surface area contributed by atoms with E-state index in [-0.39, 0.29) is 0 Å². The molecule has 1 aromatic carbocycles. The van der Waals surface area contributed by atoms with Gasteiger partial charge in [0.25, 0.3) is 0 Å². The number of aryl methyl sites for hydroxylation is 2. The van der Waals surface area contributed by atoms with Crippen LogP contribution in [0.25, 0.3) is 17.0 Å². The van der Waals surface area contributed by atoms with E-state index in [2.05, 4.69) is 15.6 Å². The van der Waals surface area contributed by atoms with Gasteiger partial charge >= 0.3 is 5.97 Å². The van der Waals surface area contributed by atoms with Gasteiger partial charge in [0.15, 0.2) is 0 Å². The molecule has 0 aliphatic heterocycles. The first-order chi connectivity index (χ1) is 14.1. The summed E-state index contributed by atoms with van der Waals surface area (Å²) < 4.78 is 6.87. The molecule has 29 heavy (non-hydrogen) atoms. The molecule has 0 unspecified atom stereocenters. The maximum atomic E-state index is 11.8. The highest BCUT2D eigenvalue weighted by molar-refractivity contribution is 5.97. The van der Waals surface area contributed by atoms with Gasteiger partial charge in [0.1, 0.15) is 0 Å². The van der Waals surface area contributed by atoms with Crippen LogP contribution in [0.3, 0.4) is 0 Å². The summed E-state index contributed by atoms with van der Waals surface area (Å²) in [5.41, 5.74) is 3.30. The van der Waals surface area contributed by atoms with E-state index in [1.165, 1.54) is 18.7 Å². The Morgan fingerprint density at radius 1 is 1.28 bits per heavy atom. The number of ether oxygens (including phenoxy) is 1. The molecule has 0 saturated carbocycles. The molecular weight excluding hydrogens is 370 g/mol. The molecular formula is C22H23N3O4. The van der Waals surface area contributed by atoms with Crippen molar-refractivity contribution in [3.63, 3.8) is 0 Å². The first-order valence-electron chi connectivity index (χ1n) is 9.50.